The van der Waals surface area contributed by atoms with E-state index in [1.807, 2.05) is 13.0 Å². The molecule has 230 valence electrons. The second kappa shape index (κ2) is 15.1. The maximum absolute atomic E-state index is 13.1. The molecule has 0 unspecified atom stereocenters. The van der Waals surface area contributed by atoms with Crippen LogP contribution in [-0.4, -0.2) is 38.1 Å². The third kappa shape index (κ3) is 11.8. The summed E-state index contributed by atoms with van der Waals surface area (Å²) in [5, 5.41) is 3.40. The van der Waals surface area contributed by atoms with Crippen molar-refractivity contribution in [3.8, 4) is 0 Å². The Kier molecular flexibility index (Phi) is 13.1. The average Bonchev–Trinajstić information content (AvgIpc) is 2.87. The summed E-state index contributed by atoms with van der Waals surface area (Å²) in [6.45, 7) is 7.08. The van der Waals surface area contributed by atoms with E-state index in [0.717, 1.165) is 17.7 Å². The van der Waals surface area contributed by atoms with Gasteiger partial charge in [0.25, 0.3) is 0 Å². The van der Waals surface area contributed by atoms with Crippen molar-refractivity contribution in [2.75, 3.05) is 20.8 Å². The number of hydrogen-bond donors (Lipinski definition) is 1. The number of hydrogen-bond acceptors (Lipinski definition) is 7. The predicted molar refractivity (Wildman–Crippen MR) is 155 cm³/mol. The van der Waals surface area contributed by atoms with Gasteiger partial charge in [-0.15, -0.1) is 0 Å². The zero-order chi connectivity index (χ0) is 30.9. The van der Waals surface area contributed by atoms with E-state index < -0.39 is 36.8 Å². The fraction of sp³-hybridized carbons (Fsp3) is 0.536. The highest BCUT2D eigenvalue weighted by atomic mass is 35.5. The Morgan fingerprint density at radius 1 is 1.02 bits per heavy atom. The number of phosphoric acid groups is 1. The molecule has 0 aromatic heterocycles. The smallest absolute Gasteiger partial charge is 0.444 e. The van der Waals surface area contributed by atoms with E-state index in [-0.39, 0.29) is 6.61 Å². The summed E-state index contributed by atoms with van der Waals surface area (Å²) in [6, 6.07) is 10.5. The summed E-state index contributed by atoms with van der Waals surface area (Å²) < 4.78 is 72.6. The number of alkyl carbamates (subject to hydrolysis) is 1. The van der Waals surface area contributed by atoms with Crippen molar-refractivity contribution >= 4 is 37.3 Å². The topological polar surface area (TPSA) is 83.1 Å². The van der Waals surface area contributed by atoms with Crippen LogP contribution in [-0.2, 0) is 35.5 Å². The summed E-state index contributed by atoms with van der Waals surface area (Å²) in [5.41, 5.74) is -1.53. The van der Waals surface area contributed by atoms with Crippen LogP contribution in [0.3, 0.4) is 0 Å². The SMILES string of the molecule is CCC[C@@](CCCc1ccc(Sc2cccc(C(F)(F)F)c2)cc1Cl)(COP(=O)(OC)OC)NC(=O)OC(C)(C)C. The molecule has 0 radical (unpaired) electrons. The Hall–Kier alpha value is -1.75. The van der Waals surface area contributed by atoms with Crippen LogP contribution in [0.15, 0.2) is 52.3 Å². The van der Waals surface area contributed by atoms with Crippen LogP contribution in [0.4, 0.5) is 18.0 Å². The Morgan fingerprint density at radius 3 is 2.24 bits per heavy atom. The molecule has 1 atom stereocenters. The van der Waals surface area contributed by atoms with Crippen LogP contribution in [0.2, 0.25) is 5.02 Å². The van der Waals surface area contributed by atoms with Gasteiger partial charge in [-0.1, -0.05) is 48.8 Å². The number of carbonyl (C=O) groups is 1. The molecule has 13 heteroatoms. The minimum Gasteiger partial charge on any atom is -0.444 e. The molecule has 41 heavy (non-hydrogen) atoms. The third-order valence-electron chi connectivity index (χ3n) is 5.96. The highest BCUT2D eigenvalue weighted by molar-refractivity contribution is 7.99. The normalized spacial score (nSPS) is 14.0. The van der Waals surface area contributed by atoms with E-state index in [9.17, 15) is 22.5 Å². The first-order chi connectivity index (χ1) is 19.0. The Balaban J connectivity index is 2.17. The van der Waals surface area contributed by atoms with Gasteiger partial charge in [0.05, 0.1) is 17.7 Å². The van der Waals surface area contributed by atoms with Gasteiger partial charge in [0.1, 0.15) is 5.60 Å². The van der Waals surface area contributed by atoms with Crippen LogP contribution < -0.4 is 5.32 Å². The Labute approximate surface area is 249 Å². The van der Waals surface area contributed by atoms with Crippen LogP contribution >= 0.6 is 31.2 Å². The van der Waals surface area contributed by atoms with E-state index in [1.165, 1.54) is 32.0 Å². The highest BCUT2D eigenvalue weighted by Crippen LogP contribution is 2.48. The number of phosphoric ester groups is 1. The molecule has 7 nitrogen and oxygen atoms in total. The summed E-state index contributed by atoms with van der Waals surface area (Å²) in [7, 11) is -1.38. The molecule has 2 rings (SSSR count). The molecular weight excluding hydrogens is 602 g/mol. The number of rotatable bonds is 14. The molecule has 0 saturated heterocycles. The number of ether oxygens (including phenoxy) is 1. The monoisotopic (exact) mass is 639 g/mol. The van der Waals surface area contributed by atoms with Gasteiger partial charge in [0.15, 0.2) is 0 Å². The first-order valence-electron chi connectivity index (χ1n) is 13.0. The zero-order valence-electron chi connectivity index (χ0n) is 24.1. The van der Waals surface area contributed by atoms with Crippen molar-refractivity contribution in [1.82, 2.24) is 5.32 Å². The van der Waals surface area contributed by atoms with Gasteiger partial charge in [0.2, 0.25) is 0 Å². The fourth-order valence-corrected chi connectivity index (χ4v) is 6.12. The maximum atomic E-state index is 13.1. The summed E-state index contributed by atoms with van der Waals surface area (Å²) in [4.78, 5) is 13.9. The second-order valence-electron chi connectivity index (χ2n) is 10.5. The number of nitrogens with one attached hydrogen (secondary N) is 1. The van der Waals surface area contributed by atoms with Crippen LogP contribution in [0.1, 0.15) is 64.5 Å². The zero-order valence-corrected chi connectivity index (χ0v) is 26.6. The lowest BCUT2D eigenvalue weighted by atomic mass is 9.88. The number of alkyl halides is 3. The van der Waals surface area contributed by atoms with Gasteiger partial charge in [0, 0.05) is 29.0 Å². The predicted octanol–water partition coefficient (Wildman–Crippen LogP) is 9.31. The minimum absolute atomic E-state index is 0.140. The van der Waals surface area contributed by atoms with E-state index in [4.69, 9.17) is 29.9 Å². The van der Waals surface area contributed by atoms with Crippen molar-refractivity contribution in [3.05, 3.63) is 58.6 Å². The quantitative estimate of drug-likeness (QED) is 0.206. The summed E-state index contributed by atoms with van der Waals surface area (Å²) in [6.07, 6.45) is -2.31. The number of benzene rings is 2. The van der Waals surface area contributed by atoms with Gasteiger partial charge in [-0.05, 0) is 82.3 Å². The third-order valence-corrected chi connectivity index (χ3v) is 8.63. The van der Waals surface area contributed by atoms with Gasteiger partial charge < -0.3 is 10.1 Å². The number of amides is 1. The molecule has 2 aromatic carbocycles. The Morgan fingerprint density at radius 2 is 1.68 bits per heavy atom. The second-order valence-corrected chi connectivity index (χ2v) is 13.9. The van der Waals surface area contributed by atoms with E-state index in [2.05, 4.69) is 5.32 Å². The van der Waals surface area contributed by atoms with Crippen molar-refractivity contribution < 1.29 is 40.8 Å². The first kappa shape index (κ1) is 35.4. The van der Waals surface area contributed by atoms with E-state index >= 15 is 0 Å². The molecule has 1 amide bonds. The van der Waals surface area contributed by atoms with Gasteiger partial charge >= 0.3 is 20.1 Å². The van der Waals surface area contributed by atoms with Gasteiger partial charge in [-0.3, -0.25) is 13.6 Å². The van der Waals surface area contributed by atoms with Gasteiger partial charge in [-0.2, -0.15) is 13.2 Å². The molecule has 0 aliphatic rings. The average molecular weight is 640 g/mol. The number of carbonyl (C=O) groups excluding carboxylic acids is 1. The van der Waals surface area contributed by atoms with Crippen molar-refractivity contribution in [2.24, 2.45) is 0 Å². The first-order valence-corrected chi connectivity index (χ1v) is 15.7. The molecular formula is C28H38ClF3NO6PS. The lowest BCUT2D eigenvalue weighted by Crippen LogP contribution is -2.53. The lowest BCUT2D eigenvalue weighted by Gasteiger charge is -2.36. The standard InChI is InChI=1S/C28H38ClF3NO6PS/c1-7-15-27(19-38-40(35,36-5)37-6,33-25(34)39-26(2,3)4)16-9-10-20-13-14-23(18-24(20)29)41-22-12-8-11-21(17-22)28(30,31)32/h8,11-14,17-18H,7,9-10,15-16,19H2,1-6H3,(H,33,34)/t27-/m1/s1. The largest absolute Gasteiger partial charge is 0.474 e. The molecule has 0 aliphatic carbocycles. The van der Waals surface area contributed by atoms with Gasteiger partial charge in [-0.25, -0.2) is 9.36 Å². The van der Waals surface area contributed by atoms with Crippen molar-refractivity contribution in [2.45, 2.75) is 86.9 Å². The maximum Gasteiger partial charge on any atom is 0.474 e. The number of aryl methyl sites for hydroxylation is 1. The Bertz CT molecular complexity index is 1200. The van der Waals surface area contributed by atoms with Crippen LogP contribution in [0.5, 0.6) is 0 Å². The fourth-order valence-electron chi connectivity index (χ4n) is 4.10. The van der Waals surface area contributed by atoms with Crippen molar-refractivity contribution in [3.63, 3.8) is 0 Å². The number of halogens is 4. The summed E-state index contributed by atoms with van der Waals surface area (Å²) in [5.74, 6) is 0. The molecule has 0 heterocycles. The highest BCUT2D eigenvalue weighted by Gasteiger charge is 2.37. The molecule has 1 N–H and O–H groups in total. The molecule has 0 saturated carbocycles. The minimum atomic E-state index is -4.42. The molecule has 0 aliphatic heterocycles. The molecule has 0 bridgehead atoms. The summed E-state index contributed by atoms with van der Waals surface area (Å²) >= 11 is 7.74. The van der Waals surface area contributed by atoms with E-state index in [1.54, 1.807) is 39.0 Å². The van der Waals surface area contributed by atoms with Crippen LogP contribution in [0, 0.1) is 0 Å². The van der Waals surface area contributed by atoms with E-state index in [0.29, 0.717) is 46.9 Å². The molecule has 2 aromatic rings. The van der Waals surface area contributed by atoms with Crippen LogP contribution in [0.25, 0.3) is 0 Å². The molecule has 0 spiro atoms. The lowest BCUT2D eigenvalue weighted by molar-refractivity contribution is -0.137. The molecule has 0 fully saturated rings. The van der Waals surface area contributed by atoms with Crippen molar-refractivity contribution in [1.29, 1.82) is 0 Å².